The van der Waals surface area contributed by atoms with E-state index in [-0.39, 0.29) is 6.54 Å². The standard InChI is InChI=1S/C6H15NO4/c1-7-2-4(9)6(11)5(10)3-8/h4-11H,2-3H2,1H3/t4-,5+,6-/m1/s1. The molecule has 0 rings (SSSR count). The van der Waals surface area contributed by atoms with Gasteiger partial charge in [-0.2, -0.15) is 0 Å². The van der Waals surface area contributed by atoms with Gasteiger partial charge in [0, 0.05) is 6.54 Å². The Labute approximate surface area is 65.3 Å². The number of aliphatic hydroxyl groups is 4. The molecule has 0 amide bonds. The van der Waals surface area contributed by atoms with Crippen LogP contribution in [0.1, 0.15) is 0 Å². The summed E-state index contributed by atoms with van der Waals surface area (Å²) in [6.45, 7) is -0.375. The van der Waals surface area contributed by atoms with E-state index in [2.05, 4.69) is 5.32 Å². The van der Waals surface area contributed by atoms with Crippen molar-refractivity contribution in [2.24, 2.45) is 0 Å². The Bertz CT molecular complexity index is 101. The number of likely N-dealkylation sites (N-methyl/N-ethyl adjacent to an activating group) is 1. The average Bonchev–Trinajstić information content (AvgIpc) is 2.02. The van der Waals surface area contributed by atoms with Gasteiger partial charge in [-0.05, 0) is 7.05 Å². The third-order valence-electron chi connectivity index (χ3n) is 1.39. The molecule has 0 heterocycles. The summed E-state index contributed by atoms with van der Waals surface area (Å²) in [5.41, 5.74) is 0. The van der Waals surface area contributed by atoms with E-state index in [0.29, 0.717) is 0 Å². The second-order valence-electron chi connectivity index (χ2n) is 2.37. The molecule has 0 aliphatic heterocycles. The fourth-order valence-corrected chi connectivity index (χ4v) is 0.694. The third kappa shape index (κ3) is 3.64. The van der Waals surface area contributed by atoms with E-state index in [9.17, 15) is 0 Å². The van der Waals surface area contributed by atoms with Crippen LogP contribution in [-0.4, -0.2) is 58.9 Å². The second-order valence-corrected chi connectivity index (χ2v) is 2.37. The number of nitrogens with one attached hydrogen (secondary N) is 1. The maximum atomic E-state index is 9.04. The molecule has 5 heteroatoms. The number of hydrogen-bond donors (Lipinski definition) is 5. The van der Waals surface area contributed by atoms with E-state index in [4.69, 9.17) is 20.4 Å². The van der Waals surface area contributed by atoms with Crippen LogP contribution in [0, 0.1) is 0 Å². The van der Waals surface area contributed by atoms with Gasteiger partial charge >= 0.3 is 0 Å². The van der Waals surface area contributed by atoms with Crippen LogP contribution in [0.2, 0.25) is 0 Å². The van der Waals surface area contributed by atoms with Crippen LogP contribution in [0.5, 0.6) is 0 Å². The van der Waals surface area contributed by atoms with E-state index in [1.807, 2.05) is 0 Å². The first kappa shape index (κ1) is 10.8. The maximum Gasteiger partial charge on any atom is 0.109 e. The highest BCUT2D eigenvalue weighted by atomic mass is 16.4. The molecule has 0 unspecified atom stereocenters. The molecule has 68 valence electrons. The Balaban J connectivity index is 3.70. The van der Waals surface area contributed by atoms with Crippen LogP contribution < -0.4 is 5.32 Å². The van der Waals surface area contributed by atoms with Gasteiger partial charge in [0.1, 0.15) is 12.2 Å². The molecule has 0 fully saturated rings. The molecule has 5 nitrogen and oxygen atoms in total. The maximum absolute atomic E-state index is 9.04. The van der Waals surface area contributed by atoms with Crippen molar-refractivity contribution < 1.29 is 20.4 Å². The smallest absolute Gasteiger partial charge is 0.109 e. The molecule has 0 radical (unpaired) electrons. The van der Waals surface area contributed by atoms with Crippen molar-refractivity contribution in [1.82, 2.24) is 5.32 Å². The minimum atomic E-state index is -1.30. The summed E-state index contributed by atoms with van der Waals surface area (Å²) in [5, 5.41) is 37.9. The van der Waals surface area contributed by atoms with Gasteiger partial charge in [0.05, 0.1) is 12.7 Å². The number of rotatable bonds is 5. The molecule has 0 saturated carbocycles. The Morgan fingerprint density at radius 1 is 1.18 bits per heavy atom. The molecule has 0 aromatic carbocycles. The lowest BCUT2D eigenvalue weighted by Crippen LogP contribution is -2.43. The molecule has 0 bridgehead atoms. The minimum Gasteiger partial charge on any atom is -0.394 e. The van der Waals surface area contributed by atoms with Gasteiger partial charge in [0.25, 0.3) is 0 Å². The summed E-state index contributed by atoms with van der Waals surface area (Å²) in [6.07, 6.45) is -3.63. The van der Waals surface area contributed by atoms with Crippen LogP contribution in [0.3, 0.4) is 0 Å². The van der Waals surface area contributed by atoms with Crippen molar-refractivity contribution >= 4 is 0 Å². The molecular formula is C6H15NO4. The fraction of sp³-hybridized carbons (Fsp3) is 1.00. The zero-order valence-corrected chi connectivity index (χ0v) is 6.44. The lowest BCUT2D eigenvalue weighted by Gasteiger charge is -2.20. The Kier molecular flexibility index (Phi) is 5.35. The lowest BCUT2D eigenvalue weighted by molar-refractivity contribution is -0.0745. The Hall–Kier alpha value is -0.200. The van der Waals surface area contributed by atoms with Gasteiger partial charge in [-0.1, -0.05) is 0 Å². The number of aliphatic hydroxyl groups excluding tert-OH is 4. The topological polar surface area (TPSA) is 93.0 Å². The highest BCUT2D eigenvalue weighted by Gasteiger charge is 2.22. The summed E-state index contributed by atoms with van der Waals surface area (Å²) >= 11 is 0. The van der Waals surface area contributed by atoms with Crippen LogP contribution in [0.4, 0.5) is 0 Å². The molecule has 0 aliphatic rings. The van der Waals surface area contributed by atoms with Gasteiger partial charge < -0.3 is 25.7 Å². The van der Waals surface area contributed by atoms with Crippen molar-refractivity contribution in [3.05, 3.63) is 0 Å². The van der Waals surface area contributed by atoms with Crippen molar-refractivity contribution in [2.75, 3.05) is 20.2 Å². The molecule has 0 aromatic rings. The normalized spacial score (nSPS) is 19.4. The van der Waals surface area contributed by atoms with Crippen molar-refractivity contribution in [3.8, 4) is 0 Å². The first-order chi connectivity index (χ1) is 5.13. The molecule has 0 aromatic heterocycles. The van der Waals surface area contributed by atoms with Crippen molar-refractivity contribution in [1.29, 1.82) is 0 Å². The van der Waals surface area contributed by atoms with E-state index in [1.165, 1.54) is 0 Å². The predicted molar refractivity (Wildman–Crippen MR) is 39.0 cm³/mol. The summed E-state index contributed by atoms with van der Waals surface area (Å²) in [6, 6.07) is 0. The monoisotopic (exact) mass is 165 g/mol. The van der Waals surface area contributed by atoms with E-state index in [1.54, 1.807) is 7.05 Å². The first-order valence-electron chi connectivity index (χ1n) is 3.43. The Morgan fingerprint density at radius 2 is 1.73 bits per heavy atom. The molecule has 5 N–H and O–H groups in total. The summed E-state index contributed by atoms with van der Waals surface area (Å²) < 4.78 is 0. The summed E-state index contributed by atoms with van der Waals surface area (Å²) in [4.78, 5) is 0. The van der Waals surface area contributed by atoms with Crippen molar-refractivity contribution in [2.45, 2.75) is 18.3 Å². The minimum absolute atomic E-state index is 0.179. The highest BCUT2D eigenvalue weighted by Crippen LogP contribution is 1.98. The quantitative estimate of drug-likeness (QED) is 0.305. The largest absolute Gasteiger partial charge is 0.394 e. The van der Waals surface area contributed by atoms with Crippen LogP contribution >= 0.6 is 0 Å². The molecule has 11 heavy (non-hydrogen) atoms. The van der Waals surface area contributed by atoms with E-state index in [0.717, 1.165) is 0 Å². The third-order valence-corrected chi connectivity index (χ3v) is 1.39. The van der Waals surface area contributed by atoms with Gasteiger partial charge in [-0.3, -0.25) is 0 Å². The zero-order chi connectivity index (χ0) is 8.85. The zero-order valence-electron chi connectivity index (χ0n) is 6.44. The SMILES string of the molecule is CNC[C@@H](O)[C@@H](O)[C@@H](O)CO. The van der Waals surface area contributed by atoms with Crippen LogP contribution in [-0.2, 0) is 0 Å². The second kappa shape index (κ2) is 5.45. The molecule has 0 saturated heterocycles. The molecule has 0 aliphatic carbocycles. The van der Waals surface area contributed by atoms with Crippen LogP contribution in [0.25, 0.3) is 0 Å². The molecular weight excluding hydrogens is 150 g/mol. The van der Waals surface area contributed by atoms with Gasteiger partial charge in [-0.25, -0.2) is 0 Å². The van der Waals surface area contributed by atoms with Crippen LogP contribution in [0.15, 0.2) is 0 Å². The van der Waals surface area contributed by atoms with E-state index < -0.39 is 24.9 Å². The average molecular weight is 165 g/mol. The molecule has 0 spiro atoms. The fourth-order valence-electron chi connectivity index (χ4n) is 0.694. The Morgan fingerprint density at radius 3 is 2.09 bits per heavy atom. The van der Waals surface area contributed by atoms with E-state index >= 15 is 0 Å². The van der Waals surface area contributed by atoms with Gasteiger partial charge in [-0.15, -0.1) is 0 Å². The first-order valence-corrected chi connectivity index (χ1v) is 3.43. The van der Waals surface area contributed by atoms with Gasteiger partial charge in [0.2, 0.25) is 0 Å². The van der Waals surface area contributed by atoms with Crippen molar-refractivity contribution in [3.63, 3.8) is 0 Å². The van der Waals surface area contributed by atoms with Gasteiger partial charge in [0.15, 0.2) is 0 Å². The summed E-state index contributed by atoms with van der Waals surface area (Å²) in [5.74, 6) is 0. The highest BCUT2D eigenvalue weighted by molar-refractivity contribution is 4.75. The predicted octanol–water partition coefficient (Wildman–Crippen LogP) is -2.72. The lowest BCUT2D eigenvalue weighted by atomic mass is 10.1. The number of hydrogen-bond acceptors (Lipinski definition) is 5. The summed E-state index contributed by atoms with van der Waals surface area (Å²) in [7, 11) is 1.61. The molecule has 3 atom stereocenters.